The van der Waals surface area contributed by atoms with Crippen LogP contribution < -0.4 is 9.64 Å². The predicted molar refractivity (Wildman–Crippen MR) is 101 cm³/mol. The molecule has 0 amide bonds. The van der Waals surface area contributed by atoms with Gasteiger partial charge < -0.3 is 14.4 Å². The normalized spacial score (nSPS) is 14.7. The van der Waals surface area contributed by atoms with Crippen LogP contribution in [0.3, 0.4) is 0 Å². The summed E-state index contributed by atoms with van der Waals surface area (Å²) in [5.41, 5.74) is 2.04. The molecule has 0 atom stereocenters. The molecule has 1 aliphatic rings. The Bertz CT molecular complexity index is 962. The molecule has 27 heavy (non-hydrogen) atoms. The van der Waals surface area contributed by atoms with Crippen LogP contribution in [0.1, 0.15) is 11.1 Å². The number of carbonyl (C=O) groups excluding carboxylic acids is 1. The Morgan fingerprint density at radius 1 is 1.19 bits per heavy atom. The summed E-state index contributed by atoms with van der Waals surface area (Å²) in [5, 5.41) is 11.2. The molecule has 0 fully saturated rings. The Balaban J connectivity index is 1.92. The third-order valence-electron chi connectivity index (χ3n) is 3.96. The van der Waals surface area contributed by atoms with Crippen LogP contribution in [0, 0.1) is 10.1 Å². The van der Waals surface area contributed by atoms with Gasteiger partial charge in [0.2, 0.25) is 5.90 Å². The predicted octanol–water partition coefficient (Wildman–Crippen LogP) is 3.01. The third kappa shape index (κ3) is 3.79. The summed E-state index contributed by atoms with van der Waals surface area (Å²) in [7, 11) is 5.22. The molecule has 0 aromatic heterocycles. The fourth-order valence-electron chi connectivity index (χ4n) is 2.52. The van der Waals surface area contributed by atoms with Crippen LogP contribution >= 0.6 is 0 Å². The Morgan fingerprint density at radius 2 is 1.89 bits per heavy atom. The number of nitro groups is 1. The third-order valence-corrected chi connectivity index (χ3v) is 3.96. The molecule has 0 radical (unpaired) electrons. The zero-order valence-electron chi connectivity index (χ0n) is 15.0. The van der Waals surface area contributed by atoms with Crippen LogP contribution in [-0.2, 0) is 9.53 Å². The first-order valence-electron chi connectivity index (χ1n) is 8.02. The van der Waals surface area contributed by atoms with Crippen LogP contribution in [0.25, 0.3) is 6.08 Å². The van der Waals surface area contributed by atoms with E-state index in [-0.39, 0.29) is 23.0 Å². The van der Waals surface area contributed by atoms with E-state index in [1.807, 2.05) is 43.3 Å². The number of hydrogen-bond donors (Lipinski definition) is 0. The number of rotatable bonds is 5. The van der Waals surface area contributed by atoms with Gasteiger partial charge in [-0.25, -0.2) is 9.79 Å². The first-order chi connectivity index (χ1) is 12.9. The minimum absolute atomic E-state index is 0.0157. The second-order valence-electron chi connectivity index (χ2n) is 5.97. The average Bonchev–Trinajstić information content (AvgIpc) is 3.02. The molecule has 1 heterocycles. The van der Waals surface area contributed by atoms with E-state index >= 15 is 0 Å². The molecular weight excluding hydrogens is 350 g/mol. The second kappa shape index (κ2) is 7.28. The molecule has 8 nitrogen and oxygen atoms in total. The molecule has 1 aliphatic heterocycles. The largest absolute Gasteiger partial charge is 0.490 e. The van der Waals surface area contributed by atoms with E-state index in [1.54, 1.807) is 12.1 Å². The number of carbonyl (C=O) groups is 1. The number of anilines is 1. The van der Waals surface area contributed by atoms with Gasteiger partial charge in [-0.3, -0.25) is 10.1 Å². The average molecular weight is 367 g/mol. The molecule has 3 rings (SSSR count). The van der Waals surface area contributed by atoms with Gasteiger partial charge in [-0.2, -0.15) is 0 Å². The maximum absolute atomic E-state index is 12.1. The van der Waals surface area contributed by atoms with Crippen LogP contribution in [0.4, 0.5) is 11.4 Å². The summed E-state index contributed by atoms with van der Waals surface area (Å²) in [6.45, 7) is 0. The van der Waals surface area contributed by atoms with Gasteiger partial charge in [0, 0.05) is 31.4 Å². The Hall–Kier alpha value is -3.68. The van der Waals surface area contributed by atoms with E-state index in [9.17, 15) is 14.9 Å². The Kier molecular flexibility index (Phi) is 4.89. The van der Waals surface area contributed by atoms with Crippen molar-refractivity contribution in [3.8, 4) is 5.75 Å². The van der Waals surface area contributed by atoms with Crippen molar-refractivity contribution in [1.82, 2.24) is 0 Å². The summed E-state index contributed by atoms with van der Waals surface area (Å²) in [4.78, 5) is 28.8. The van der Waals surface area contributed by atoms with Gasteiger partial charge in [-0.05, 0) is 35.9 Å². The quantitative estimate of drug-likeness (QED) is 0.349. The maximum atomic E-state index is 12.1. The van der Waals surface area contributed by atoms with Crippen molar-refractivity contribution in [2.45, 2.75) is 0 Å². The van der Waals surface area contributed by atoms with Crippen LogP contribution in [0.5, 0.6) is 5.75 Å². The van der Waals surface area contributed by atoms with Crippen molar-refractivity contribution in [1.29, 1.82) is 0 Å². The molecule has 0 bridgehead atoms. The van der Waals surface area contributed by atoms with E-state index in [4.69, 9.17) is 9.47 Å². The van der Waals surface area contributed by atoms with Crippen molar-refractivity contribution in [3.05, 3.63) is 69.4 Å². The summed E-state index contributed by atoms with van der Waals surface area (Å²) in [6.07, 6.45) is 1.60. The summed E-state index contributed by atoms with van der Waals surface area (Å²) in [5.74, 6) is -0.479. The van der Waals surface area contributed by atoms with E-state index in [0.29, 0.717) is 5.56 Å². The number of nitro benzene ring substituents is 1. The molecule has 0 saturated heterocycles. The minimum Gasteiger partial charge on any atom is -0.490 e. The number of aliphatic imine (C=N–C) groups is 1. The lowest BCUT2D eigenvalue weighted by Crippen LogP contribution is -2.08. The van der Waals surface area contributed by atoms with Gasteiger partial charge in [0.1, 0.15) is 0 Å². The minimum atomic E-state index is -0.611. The molecule has 0 N–H and O–H groups in total. The van der Waals surface area contributed by atoms with Gasteiger partial charge in [0.05, 0.1) is 12.0 Å². The molecule has 2 aromatic rings. The summed E-state index contributed by atoms with van der Waals surface area (Å²) >= 11 is 0. The first-order valence-corrected chi connectivity index (χ1v) is 8.02. The highest BCUT2D eigenvalue weighted by Gasteiger charge is 2.26. The van der Waals surface area contributed by atoms with Gasteiger partial charge in [-0.15, -0.1) is 0 Å². The fraction of sp³-hybridized carbons (Fsp3) is 0.158. The Morgan fingerprint density at radius 3 is 2.48 bits per heavy atom. The van der Waals surface area contributed by atoms with E-state index in [1.165, 1.54) is 19.2 Å². The number of cyclic esters (lactones) is 1. The summed E-state index contributed by atoms with van der Waals surface area (Å²) in [6, 6.07) is 11.8. The molecule has 2 aromatic carbocycles. The number of nitrogens with zero attached hydrogens (tertiary/aromatic N) is 3. The summed E-state index contributed by atoms with van der Waals surface area (Å²) < 4.78 is 10.1. The number of ether oxygens (including phenoxy) is 2. The van der Waals surface area contributed by atoms with Crippen molar-refractivity contribution in [2.24, 2.45) is 4.99 Å². The maximum Gasteiger partial charge on any atom is 0.363 e. The smallest absolute Gasteiger partial charge is 0.363 e. The highest BCUT2D eigenvalue weighted by molar-refractivity contribution is 6.13. The molecule has 0 spiro atoms. The second-order valence-corrected chi connectivity index (χ2v) is 5.97. The molecule has 0 unspecified atom stereocenters. The van der Waals surface area contributed by atoms with Crippen molar-refractivity contribution < 1.29 is 19.2 Å². The number of hydrogen-bond acceptors (Lipinski definition) is 7. The van der Waals surface area contributed by atoms with Crippen LogP contribution in [0.15, 0.2) is 53.2 Å². The van der Waals surface area contributed by atoms with Crippen LogP contribution in [-0.4, -0.2) is 38.0 Å². The topological polar surface area (TPSA) is 94.3 Å². The number of methoxy groups -OCH3 is 1. The fourth-order valence-corrected chi connectivity index (χ4v) is 2.52. The molecule has 0 aliphatic carbocycles. The molecule has 138 valence electrons. The van der Waals surface area contributed by atoms with E-state index in [2.05, 4.69) is 4.99 Å². The van der Waals surface area contributed by atoms with E-state index in [0.717, 1.165) is 11.3 Å². The van der Waals surface area contributed by atoms with Gasteiger partial charge >= 0.3 is 11.7 Å². The van der Waals surface area contributed by atoms with E-state index < -0.39 is 10.9 Å². The zero-order valence-corrected chi connectivity index (χ0v) is 15.0. The number of esters is 1. The zero-order chi connectivity index (χ0) is 19.6. The Labute approximate surface area is 155 Å². The van der Waals surface area contributed by atoms with Crippen molar-refractivity contribution >= 4 is 29.3 Å². The first kappa shape index (κ1) is 18.1. The highest BCUT2D eigenvalue weighted by atomic mass is 16.6. The number of benzene rings is 2. The standard InChI is InChI=1S/C19H17N3O5/c1-21(2)14-7-4-12(5-8-14)10-15-19(23)27-18(20-15)13-6-9-17(26-3)16(11-13)22(24)25/h4-11H,1-3H3/b15-10+. The SMILES string of the molecule is COc1ccc(C2=N/C(=C/c3ccc(N(C)C)cc3)C(=O)O2)cc1[N+](=O)[O-]. The van der Waals surface area contributed by atoms with Crippen LogP contribution in [0.2, 0.25) is 0 Å². The van der Waals surface area contributed by atoms with Crippen molar-refractivity contribution in [2.75, 3.05) is 26.1 Å². The van der Waals surface area contributed by atoms with Gasteiger partial charge in [0.15, 0.2) is 11.4 Å². The molecular formula is C19H17N3O5. The highest BCUT2D eigenvalue weighted by Crippen LogP contribution is 2.29. The van der Waals surface area contributed by atoms with Gasteiger partial charge in [0.25, 0.3) is 0 Å². The lowest BCUT2D eigenvalue weighted by molar-refractivity contribution is -0.385. The lowest BCUT2D eigenvalue weighted by Gasteiger charge is -2.11. The molecule has 0 saturated carbocycles. The molecule has 8 heteroatoms. The van der Waals surface area contributed by atoms with Crippen molar-refractivity contribution in [3.63, 3.8) is 0 Å². The lowest BCUT2D eigenvalue weighted by atomic mass is 10.1. The monoisotopic (exact) mass is 367 g/mol. The van der Waals surface area contributed by atoms with Gasteiger partial charge in [-0.1, -0.05) is 12.1 Å².